The average molecular weight is 327 g/mol. The minimum atomic E-state index is -1.04. The van der Waals surface area contributed by atoms with Crippen molar-refractivity contribution in [3.8, 4) is 0 Å². The summed E-state index contributed by atoms with van der Waals surface area (Å²) in [7, 11) is 0. The molecule has 1 fully saturated rings. The Balaban J connectivity index is 2.35. The number of carbonyl (C=O) groups is 3. The van der Waals surface area contributed by atoms with Crippen LogP contribution in [0.25, 0.3) is 0 Å². The minimum absolute atomic E-state index is 0.290. The van der Waals surface area contributed by atoms with Crippen LogP contribution in [0.2, 0.25) is 5.02 Å². The quantitative estimate of drug-likeness (QED) is 0.862. The van der Waals surface area contributed by atoms with Gasteiger partial charge in [0.05, 0.1) is 0 Å². The molecule has 1 aromatic rings. The lowest BCUT2D eigenvalue weighted by Gasteiger charge is -2.34. The van der Waals surface area contributed by atoms with E-state index in [9.17, 15) is 14.4 Å². The summed E-state index contributed by atoms with van der Waals surface area (Å²) < 4.78 is 0. The summed E-state index contributed by atoms with van der Waals surface area (Å²) in [5.74, 6) is -1.55. The Morgan fingerprint density at radius 2 is 2.10 bits per heavy atom. The Bertz CT molecular complexity index is 593. The lowest BCUT2D eigenvalue weighted by Crippen LogP contribution is -2.59. The molecule has 1 aromatic carbocycles. The maximum absolute atomic E-state index is 12.6. The van der Waals surface area contributed by atoms with E-state index in [0.29, 0.717) is 16.3 Å². The average Bonchev–Trinajstić information content (AvgIpc) is 2.38. The molecule has 7 heteroatoms. The maximum atomic E-state index is 12.6. The predicted molar refractivity (Wildman–Crippen MR) is 82.4 cm³/mol. The molecule has 0 bridgehead atoms. The maximum Gasteiger partial charge on any atom is 0.331 e. The SMILES string of the molecule is CSCC(C)N1C(=O)NC(=O)C(c2cccc(Cl)c2)C1=O. The molecule has 1 aliphatic heterocycles. The highest BCUT2D eigenvalue weighted by atomic mass is 35.5. The topological polar surface area (TPSA) is 66.5 Å². The summed E-state index contributed by atoms with van der Waals surface area (Å²) in [6.07, 6.45) is 1.89. The number of benzene rings is 1. The number of rotatable bonds is 4. The van der Waals surface area contributed by atoms with Crippen molar-refractivity contribution >= 4 is 41.2 Å². The summed E-state index contributed by atoms with van der Waals surface area (Å²) in [5, 5.41) is 2.68. The second-order valence-electron chi connectivity index (χ2n) is 4.80. The molecule has 2 unspecified atom stereocenters. The fraction of sp³-hybridized carbons (Fsp3) is 0.357. The van der Waals surface area contributed by atoms with Crippen LogP contribution in [0.1, 0.15) is 18.4 Å². The van der Waals surface area contributed by atoms with Gasteiger partial charge in [-0.2, -0.15) is 11.8 Å². The normalized spacial score (nSPS) is 20.4. The Kier molecular flexibility index (Phi) is 4.90. The summed E-state index contributed by atoms with van der Waals surface area (Å²) in [4.78, 5) is 37.6. The molecule has 112 valence electrons. The summed E-state index contributed by atoms with van der Waals surface area (Å²) in [6, 6.07) is 5.60. The first-order valence-electron chi connectivity index (χ1n) is 6.38. The van der Waals surface area contributed by atoms with Gasteiger partial charge >= 0.3 is 6.03 Å². The third kappa shape index (κ3) is 3.22. The lowest BCUT2D eigenvalue weighted by molar-refractivity contribution is -0.139. The third-order valence-corrected chi connectivity index (χ3v) is 4.28. The second kappa shape index (κ2) is 6.49. The molecule has 1 heterocycles. The number of imide groups is 2. The van der Waals surface area contributed by atoms with Crippen molar-refractivity contribution in [1.82, 2.24) is 10.2 Å². The van der Waals surface area contributed by atoms with E-state index in [4.69, 9.17) is 11.6 Å². The van der Waals surface area contributed by atoms with Gasteiger partial charge in [-0.3, -0.25) is 19.8 Å². The highest BCUT2D eigenvalue weighted by Crippen LogP contribution is 2.26. The fourth-order valence-corrected chi connectivity index (χ4v) is 3.13. The fourth-order valence-electron chi connectivity index (χ4n) is 2.30. The van der Waals surface area contributed by atoms with Gasteiger partial charge in [0.15, 0.2) is 0 Å². The van der Waals surface area contributed by atoms with Crippen LogP contribution in [-0.4, -0.2) is 40.8 Å². The number of barbiturate groups is 1. The highest BCUT2D eigenvalue weighted by molar-refractivity contribution is 7.98. The van der Waals surface area contributed by atoms with Crippen molar-refractivity contribution in [2.75, 3.05) is 12.0 Å². The van der Waals surface area contributed by atoms with Crippen LogP contribution in [0, 0.1) is 0 Å². The van der Waals surface area contributed by atoms with Gasteiger partial charge in [-0.05, 0) is 30.9 Å². The lowest BCUT2D eigenvalue weighted by atomic mass is 9.94. The Morgan fingerprint density at radius 3 is 2.71 bits per heavy atom. The molecule has 2 atom stereocenters. The van der Waals surface area contributed by atoms with Crippen molar-refractivity contribution in [1.29, 1.82) is 0 Å². The third-order valence-electron chi connectivity index (χ3n) is 3.23. The van der Waals surface area contributed by atoms with Crippen LogP contribution in [0.3, 0.4) is 0 Å². The molecule has 1 aliphatic rings. The van der Waals surface area contributed by atoms with Gasteiger partial charge in [0, 0.05) is 16.8 Å². The smallest absolute Gasteiger partial charge is 0.277 e. The number of carbonyl (C=O) groups excluding carboxylic acids is 3. The molecule has 2 rings (SSSR count). The van der Waals surface area contributed by atoms with E-state index in [1.54, 1.807) is 31.2 Å². The molecular weight excluding hydrogens is 312 g/mol. The Labute approximate surface area is 132 Å². The molecule has 0 radical (unpaired) electrons. The van der Waals surface area contributed by atoms with Crippen LogP contribution in [0.4, 0.5) is 4.79 Å². The Hall–Kier alpha value is -1.53. The largest absolute Gasteiger partial charge is 0.331 e. The van der Waals surface area contributed by atoms with Crippen molar-refractivity contribution in [3.63, 3.8) is 0 Å². The van der Waals surface area contributed by atoms with Gasteiger partial charge in [-0.15, -0.1) is 0 Å². The van der Waals surface area contributed by atoms with Crippen LogP contribution in [-0.2, 0) is 9.59 Å². The van der Waals surface area contributed by atoms with E-state index >= 15 is 0 Å². The number of hydrogen-bond donors (Lipinski definition) is 1. The van der Waals surface area contributed by atoms with Crippen LogP contribution in [0.5, 0.6) is 0 Å². The first-order valence-corrected chi connectivity index (χ1v) is 8.15. The number of amides is 4. The molecule has 21 heavy (non-hydrogen) atoms. The van der Waals surface area contributed by atoms with E-state index in [-0.39, 0.29) is 6.04 Å². The van der Waals surface area contributed by atoms with E-state index in [1.165, 1.54) is 11.8 Å². The van der Waals surface area contributed by atoms with E-state index in [1.807, 2.05) is 6.26 Å². The Morgan fingerprint density at radius 1 is 1.38 bits per heavy atom. The molecule has 4 amide bonds. The van der Waals surface area contributed by atoms with Crippen LogP contribution < -0.4 is 5.32 Å². The monoisotopic (exact) mass is 326 g/mol. The second-order valence-corrected chi connectivity index (χ2v) is 6.14. The molecule has 1 N–H and O–H groups in total. The van der Waals surface area contributed by atoms with Crippen molar-refractivity contribution < 1.29 is 14.4 Å². The van der Waals surface area contributed by atoms with Gasteiger partial charge in [0.25, 0.3) is 0 Å². The van der Waals surface area contributed by atoms with Crippen LogP contribution in [0.15, 0.2) is 24.3 Å². The molecule has 0 aromatic heterocycles. The van der Waals surface area contributed by atoms with Gasteiger partial charge in [0.2, 0.25) is 11.8 Å². The molecule has 0 aliphatic carbocycles. The summed E-state index contributed by atoms with van der Waals surface area (Å²) in [6.45, 7) is 1.78. The van der Waals surface area contributed by atoms with Gasteiger partial charge in [0.1, 0.15) is 5.92 Å². The number of urea groups is 1. The molecule has 5 nitrogen and oxygen atoms in total. The van der Waals surface area contributed by atoms with Crippen LogP contribution >= 0.6 is 23.4 Å². The van der Waals surface area contributed by atoms with Gasteiger partial charge in [-0.25, -0.2) is 4.79 Å². The van der Waals surface area contributed by atoms with Crippen molar-refractivity contribution in [2.45, 2.75) is 18.9 Å². The molecular formula is C14H15ClN2O3S. The standard InChI is InChI=1S/C14H15ClN2O3S/c1-8(7-21-2)17-13(19)11(12(18)16-14(17)20)9-4-3-5-10(15)6-9/h3-6,8,11H,7H2,1-2H3,(H,16,18,20). The predicted octanol–water partition coefficient (Wildman–Crippen LogP) is 2.25. The zero-order valence-electron chi connectivity index (χ0n) is 11.6. The van der Waals surface area contributed by atoms with Gasteiger partial charge < -0.3 is 0 Å². The highest BCUT2D eigenvalue weighted by Gasteiger charge is 2.43. The molecule has 1 saturated heterocycles. The van der Waals surface area contributed by atoms with Crippen molar-refractivity contribution in [2.24, 2.45) is 0 Å². The number of nitrogens with one attached hydrogen (secondary N) is 1. The first kappa shape index (κ1) is 15.9. The number of halogens is 1. The molecule has 0 spiro atoms. The van der Waals surface area contributed by atoms with Gasteiger partial charge in [-0.1, -0.05) is 23.7 Å². The van der Waals surface area contributed by atoms with Crippen molar-refractivity contribution in [3.05, 3.63) is 34.9 Å². The summed E-state index contributed by atoms with van der Waals surface area (Å²) >= 11 is 7.44. The first-order chi connectivity index (χ1) is 9.95. The van der Waals surface area contributed by atoms with E-state index < -0.39 is 23.8 Å². The summed E-state index contributed by atoms with van der Waals surface area (Å²) in [5.41, 5.74) is 0.485. The zero-order chi connectivity index (χ0) is 15.6. The zero-order valence-corrected chi connectivity index (χ0v) is 13.2. The van der Waals surface area contributed by atoms with E-state index in [2.05, 4.69) is 5.32 Å². The minimum Gasteiger partial charge on any atom is -0.277 e. The molecule has 0 saturated carbocycles. The number of hydrogen-bond acceptors (Lipinski definition) is 4. The number of nitrogens with zero attached hydrogens (tertiary/aromatic N) is 1. The van der Waals surface area contributed by atoms with E-state index in [0.717, 1.165) is 4.90 Å². The number of thioether (sulfide) groups is 1.